The molecule has 0 amide bonds. The van der Waals surface area contributed by atoms with Crippen molar-refractivity contribution in [3.8, 4) is 0 Å². The van der Waals surface area contributed by atoms with Crippen LogP contribution in [0, 0.1) is 0 Å². The molecule has 0 radical (unpaired) electrons. The molecule has 1 heterocycles. The monoisotopic (exact) mass is 158 g/mol. The van der Waals surface area contributed by atoms with Crippen LogP contribution in [0.3, 0.4) is 0 Å². The van der Waals surface area contributed by atoms with Gasteiger partial charge in [0.05, 0.1) is 5.82 Å². The molecule has 1 aliphatic rings. The molecule has 0 atom stereocenters. The quantitative estimate of drug-likeness (QED) is 0.647. The van der Waals surface area contributed by atoms with Gasteiger partial charge in [-0.25, -0.2) is 4.39 Å². The van der Waals surface area contributed by atoms with E-state index in [1.54, 1.807) is 0 Å². The Bertz CT molecular complexity index is 139. The number of nitrogens with zero attached hydrogens (tertiary/aromatic N) is 1. The zero-order valence-corrected chi connectivity index (χ0v) is 6.94. The second-order valence-corrected chi connectivity index (χ2v) is 2.86. The molecule has 1 aliphatic heterocycles. The summed E-state index contributed by atoms with van der Waals surface area (Å²) in [6.07, 6.45) is 0.678. The van der Waals surface area contributed by atoms with Crippen molar-refractivity contribution >= 4 is 0 Å². The highest BCUT2D eigenvalue weighted by Gasteiger charge is 2.18. The van der Waals surface area contributed by atoms with Crippen LogP contribution in [-0.2, 0) is 0 Å². The lowest BCUT2D eigenvalue weighted by Crippen LogP contribution is -2.37. The maximum absolute atomic E-state index is 12.6. The molecule has 0 unspecified atom stereocenters. The molecule has 2 nitrogen and oxygen atoms in total. The molecule has 0 spiro atoms. The van der Waals surface area contributed by atoms with E-state index >= 15 is 0 Å². The lowest BCUT2D eigenvalue weighted by atomic mass is 10.1. The van der Waals surface area contributed by atoms with E-state index in [0.717, 1.165) is 18.9 Å². The molecule has 1 N–H and O–H groups in total. The Hall–Kier alpha value is -0.730. The smallest absolute Gasteiger partial charge is 0.103 e. The van der Waals surface area contributed by atoms with Crippen LogP contribution >= 0.6 is 0 Å². The molecule has 3 heteroatoms. The van der Waals surface area contributed by atoms with Crippen LogP contribution in [0.5, 0.6) is 0 Å². The van der Waals surface area contributed by atoms with Crippen molar-refractivity contribution in [1.29, 1.82) is 0 Å². The number of rotatable bonds is 2. The van der Waals surface area contributed by atoms with Gasteiger partial charge in [0.1, 0.15) is 6.17 Å². The highest BCUT2D eigenvalue weighted by atomic mass is 19.1. The molecule has 64 valence electrons. The summed E-state index contributed by atoms with van der Waals surface area (Å²) >= 11 is 0. The predicted octanol–water partition coefficient (Wildman–Crippen LogP) is 1.11. The average Bonchev–Trinajstić information content (AvgIpc) is 2.05. The third kappa shape index (κ3) is 2.10. The van der Waals surface area contributed by atoms with Gasteiger partial charge >= 0.3 is 0 Å². The van der Waals surface area contributed by atoms with Gasteiger partial charge in [0, 0.05) is 20.1 Å². The van der Waals surface area contributed by atoms with Crippen LogP contribution < -0.4 is 5.32 Å². The molecule has 1 saturated heterocycles. The molecular weight excluding hydrogens is 143 g/mol. The number of alkyl halides is 1. The first-order chi connectivity index (χ1) is 5.24. The lowest BCUT2D eigenvalue weighted by Gasteiger charge is -2.31. The van der Waals surface area contributed by atoms with Crippen molar-refractivity contribution < 1.29 is 4.39 Å². The maximum atomic E-state index is 12.6. The molecule has 0 saturated carbocycles. The van der Waals surface area contributed by atoms with E-state index in [4.69, 9.17) is 0 Å². The fraction of sp³-hybridized carbons (Fsp3) is 0.750. The Kier molecular flexibility index (Phi) is 2.74. The van der Waals surface area contributed by atoms with Gasteiger partial charge in [0.2, 0.25) is 0 Å². The number of nitrogens with one attached hydrogen (secondary N) is 1. The van der Waals surface area contributed by atoms with Crippen molar-refractivity contribution in [2.24, 2.45) is 0 Å². The molecule has 0 aliphatic carbocycles. The van der Waals surface area contributed by atoms with Crippen LogP contribution in [0.25, 0.3) is 0 Å². The van der Waals surface area contributed by atoms with Crippen molar-refractivity contribution in [2.75, 3.05) is 20.1 Å². The zero-order chi connectivity index (χ0) is 8.27. The van der Waals surface area contributed by atoms with Gasteiger partial charge in [-0.2, -0.15) is 0 Å². The minimum atomic E-state index is -0.601. The summed E-state index contributed by atoms with van der Waals surface area (Å²) < 4.78 is 12.6. The van der Waals surface area contributed by atoms with Gasteiger partial charge in [0.25, 0.3) is 0 Å². The average molecular weight is 158 g/mol. The van der Waals surface area contributed by atoms with Gasteiger partial charge in [-0.05, 0) is 12.8 Å². The Morgan fingerprint density at radius 3 is 2.55 bits per heavy atom. The standard InChI is InChI=1S/C8H15FN2/c1-7(10-2)11-5-3-8(9)4-6-11/h8,10H,1,3-6H2,2H3. The molecule has 0 aromatic heterocycles. The van der Waals surface area contributed by atoms with E-state index in [-0.39, 0.29) is 0 Å². The van der Waals surface area contributed by atoms with E-state index in [0.29, 0.717) is 12.8 Å². The van der Waals surface area contributed by atoms with E-state index < -0.39 is 6.17 Å². The summed E-state index contributed by atoms with van der Waals surface area (Å²) in [6, 6.07) is 0. The topological polar surface area (TPSA) is 15.3 Å². The summed E-state index contributed by atoms with van der Waals surface area (Å²) in [5.74, 6) is 0.900. The van der Waals surface area contributed by atoms with Gasteiger partial charge in [-0.1, -0.05) is 6.58 Å². The summed E-state index contributed by atoms with van der Waals surface area (Å²) in [6.45, 7) is 5.40. The van der Waals surface area contributed by atoms with Crippen LogP contribution in [0.1, 0.15) is 12.8 Å². The van der Waals surface area contributed by atoms with Crippen molar-refractivity contribution in [3.05, 3.63) is 12.4 Å². The molecule has 1 fully saturated rings. The van der Waals surface area contributed by atoms with Gasteiger partial charge in [-0.15, -0.1) is 0 Å². The second-order valence-electron chi connectivity index (χ2n) is 2.86. The fourth-order valence-electron chi connectivity index (χ4n) is 1.28. The summed E-state index contributed by atoms with van der Waals surface area (Å²) in [5.41, 5.74) is 0. The molecular formula is C8H15FN2. The van der Waals surface area contributed by atoms with Gasteiger partial charge in [-0.3, -0.25) is 0 Å². The number of likely N-dealkylation sites (tertiary alicyclic amines) is 1. The highest BCUT2D eigenvalue weighted by molar-refractivity contribution is 4.92. The second kappa shape index (κ2) is 3.60. The molecule has 0 aromatic rings. The largest absolute Gasteiger partial charge is 0.375 e. The summed E-state index contributed by atoms with van der Waals surface area (Å²) in [5, 5.41) is 2.96. The van der Waals surface area contributed by atoms with E-state index in [2.05, 4.69) is 16.8 Å². The maximum Gasteiger partial charge on any atom is 0.103 e. The first kappa shape index (κ1) is 8.37. The first-order valence-electron chi connectivity index (χ1n) is 3.99. The molecule has 1 rings (SSSR count). The zero-order valence-electron chi connectivity index (χ0n) is 6.94. The van der Waals surface area contributed by atoms with Crippen molar-refractivity contribution in [3.63, 3.8) is 0 Å². The molecule has 11 heavy (non-hydrogen) atoms. The van der Waals surface area contributed by atoms with Crippen molar-refractivity contribution in [2.45, 2.75) is 19.0 Å². The van der Waals surface area contributed by atoms with Crippen LogP contribution in [0.4, 0.5) is 4.39 Å². The minimum absolute atomic E-state index is 0.601. The van der Waals surface area contributed by atoms with Crippen LogP contribution in [0.15, 0.2) is 12.4 Å². The van der Waals surface area contributed by atoms with E-state index in [9.17, 15) is 4.39 Å². The number of hydrogen-bond acceptors (Lipinski definition) is 2. The van der Waals surface area contributed by atoms with Gasteiger partial charge in [0.15, 0.2) is 0 Å². The molecule has 0 aromatic carbocycles. The lowest BCUT2D eigenvalue weighted by molar-refractivity contribution is 0.174. The first-order valence-corrected chi connectivity index (χ1v) is 3.99. The predicted molar refractivity (Wildman–Crippen MR) is 43.9 cm³/mol. The summed E-state index contributed by atoms with van der Waals surface area (Å²) in [4.78, 5) is 2.08. The Balaban J connectivity index is 2.33. The van der Waals surface area contributed by atoms with E-state index in [1.807, 2.05) is 7.05 Å². The third-order valence-corrected chi connectivity index (χ3v) is 2.09. The number of hydrogen-bond donors (Lipinski definition) is 1. The van der Waals surface area contributed by atoms with Gasteiger partial charge < -0.3 is 10.2 Å². The van der Waals surface area contributed by atoms with E-state index in [1.165, 1.54) is 0 Å². The molecule has 0 bridgehead atoms. The van der Waals surface area contributed by atoms with Crippen LogP contribution in [0.2, 0.25) is 0 Å². The summed E-state index contributed by atoms with van der Waals surface area (Å²) in [7, 11) is 1.84. The SMILES string of the molecule is C=C(NC)N1CCC(F)CC1. The number of piperidine rings is 1. The number of halogens is 1. The van der Waals surface area contributed by atoms with Crippen molar-refractivity contribution in [1.82, 2.24) is 10.2 Å². The fourth-order valence-corrected chi connectivity index (χ4v) is 1.28. The highest BCUT2D eigenvalue weighted by Crippen LogP contribution is 2.14. The van der Waals surface area contributed by atoms with Crippen LogP contribution in [-0.4, -0.2) is 31.2 Å². The Morgan fingerprint density at radius 2 is 2.09 bits per heavy atom. The third-order valence-electron chi connectivity index (χ3n) is 2.09. The normalized spacial score (nSPS) is 20.0. The minimum Gasteiger partial charge on any atom is -0.375 e. The Morgan fingerprint density at radius 1 is 1.55 bits per heavy atom. The Labute approximate surface area is 67.1 Å².